The maximum atomic E-state index is 13.2. The van der Waals surface area contributed by atoms with E-state index in [4.69, 9.17) is 5.73 Å². The fraction of sp³-hybridized carbons (Fsp3) is 0.286. The summed E-state index contributed by atoms with van der Waals surface area (Å²) in [5.74, 6) is -2.35. The lowest BCUT2D eigenvalue weighted by Crippen LogP contribution is -2.29. The summed E-state index contributed by atoms with van der Waals surface area (Å²) in [5, 5.41) is 11.9. The van der Waals surface area contributed by atoms with Crippen LogP contribution >= 0.6 is 0 Å². The van der Waals surface area contributed by atoms with Crippen LogP contribution in [0.2, 0.25) is 0 Å². The van der Waals surface area contributed by atoms with Crippen molar-refractivity contribution in [2.24, 2.45) is 5.73 Å². The lowest BCUT2D eigenvalue weighted by Gasteiger charge is -2.21. The quantitative estimate of drug-likeness (QED) is 0.484. The molecule has 2 aromatic rings. The van der Waals surface area contributed by atoms with Gasteiger partial charge in [0.2, 0.25) is 5.91 Å². The van der Waals surface area contributed by atoms with Crippen molar-refractivity contribution >= 4 is 33.5 Å². The number of amides is 2. The zero-order valence-corrected chi connectivity index (χ0v) is 17.5. The van der Waals surface area contributed by atoms with Crippen molar-refractivity contribution in [2.75, 3.05) is 11.3 Å². The molecule has 0 atom stereocenters. The van der Waals surface area contributed by atoms with Crippen molar-refractivity contribution < 1.29 is 27.9 Å². The summed E-state index contributed by atoms with van der Waals surface area (Å²) in [4.78, 5) is 34.8. The van der Waals surface area contributed by atoms with E-state index in [1.165, 1.54) is 18.2 Å². The molecule has 0 radical (unpaired) electrons. The molecule has 0 saturated heterocycles. The fourth-order valence-corrected chi connectivity index (χ4v) is 4.97. The SMILES string of the molecule is NC(=O)CCNC(=O)c1ccccc1NS(=O)(=O)c1cc(C(=O)O)cc2c1CCCC2. The molecule has 2 aromatic carbocycles. The standard InChI is InChI=1S/C21H23N3O6S/c22-19(25)9-10-23-20(26)16-7-3-4-8-17(16)24-31(29,30)18-12-14(21(27)28)11-13-5-1-2-6-15(13)18/h3-4,7-8,11-12,24H,1-2,5-6,9-10H2,(H2,22,25)(H,23,26)(H,27,28). The number of primary amides is 1. The number of anilines is 1. The molecule has 0 aromatic heterocycles. The van der Waals surface area contributed by atoms with E-state index in [1.54, 1.807) is 12.1 Å². The number of carbonyl (C=O) groups excluding carboxylic acids is 2. The molecular formula is C21H23N3O6S. The van der Waals surface area contributed by atoms with Crippen LogP contribution in [-0.2, 0) is 27.7 Å². The second-order valence-corrected chi connectivity index (χ2v) is 8.90. The molecule has 1 aliphatic carbocycles. The number of carboxylic acids is 1. The Labute approximate surface area is 179 Å². The van der Waals surface area contributed by atoms with E-state index in [-0.39, 0.29) is 34.7 Å². The second kappa shape index (κ2) is 9.17. The van der Waals surface area contributed by atoms with Gasteiger partial charge in [0.25, 0.3) is 15.9 Å². The van der Waals surface area contributed by atoms with Gasteiger partial charge in [-0.2, -0.15) is 0 Å². The molecule has 164 valence electrons. The molecule has 1 aliphatic rings. The maximum Gasteiger partial charge on any atom is 0.335 e. The molecule has 10 heteroatoms. The van der Waals surface area contributed by atoms with Gasteiger partial charge in [-0.1, -0.05) is 12.1 Å². The number of carboxylic acid groups (broad SMARTS) is 1. The molecule has 0 aliphatic heterocycles. The third-order valence-electron chi connectivity index (χ3n) is 5.03. The summed E-state index contributed by atoms with van der Waals surface area (Å²) >= 11 is 0. The summed E-state index contributed by atoms with van der Waals surface area (Å²) in [6.45, 7) is 0.0173. The molecule has 31 heavy (non-hydrogen) atoms. The van der Waals surface area contributed by atoms with Crippen LogP contribution in [0.25, 0.3) is 0 Å². The van der Waals surface area contributed by atoms with Gasteiger partial charge in [-0.25, -0.2) is 13.2 Å². The molecule has 0 spiro atoms. The van der Waals surface area contributed by atoms with Gasteiger partial charge < -0.3 is 16.2 Å². The average molecular weight is 445 g/mol. The third-order valence-corrected chi connectivity index (χ3v) is 6.47. The highest BCUT2D eigenvalue weighted by Gasteiger charge is 2.26. The number of benzene rings is 2. The first kappa shape index (κ1) is 22.3. The number of nitrogens with two attached hydrogens (primary N) is 1. The van der Waals surface area contributed by atoms with Crippen molar-refractivity contribution in [3.8, 4) is 0 Å². The predicted molar refractivity (Wildman–Crippen MR) is 113 cm³/mol. The van der Waals surface area contributed by atoms with Crippen LogP contribution in [0.15, 0.2) is 41.3 Å². The minimum Gasteiger partial charge on any atom is -0.478 e. The van der Waals surface area contributed by atoms with E-state index in [9.17, 15) is 27.9 Å². The molecule has 0 heterocycles. The van der Waals surface area contributed by atoms with Crippen molar-refractivity contribution in [1.82, 2.24) is 5.32 Å². The van der Waals surface area contributed by atoms with Gasteiger partial charge in [0.15, 0.2) is 0 Å². The third kappa shape index (κ3) is 5.21. The van der Waals surface area contributed by atoms with E-state index < -0.39 is 27.8 Å². The topological polar surface area (TPSA) is 156 Å². The number of fused-ring (bicyclic) bond motifs is 1. The summed E-state index contributed by atoms with van der Waals surface area (Å²) in [6, 6.07) is 8.71. The minimum absolute atomic E-state index is 0.0173. The number of para-hydroxylation sites is 1. The Bertz CT molecular complexity index is 1140. The van der Waals surface area contributed by atoms with E-state index in [2.05, 4.69) is 10.0 Å². The van der Waals surface area contributed by atoms with E-state index >= 15 is 0 Å². The monoisotopic (exact) mass is 445 g/mol. The van der Waals surface area contributed by atoms with E-state index in [0.29, 0.717) is 24.0 Å². The Morgan fingerprint density at radius 2 is 1.77 bits per heavy atom. The Balaban J connectivity index is 1.95. The highest BCUT2D eigenvalue weighted by molar-refractivity contribution is 7.92. The lowest BCUT2D eigenvalue weighted by atomic mass is 9.90. The van der Waals surface area contributed by atoms with Crippen LogP contribution in [0.4, 0.5) is 5.69 Å². The molecule has 0 saturated carbocycles. The van der Waals surface area contributed by atoms with Crippen LogP contribution < -0.4 is 15.8 Å². The van der Waals surface area contributed by atoms with Gasteiger partial charge in [-0.05, 0) is 61.1 Å². The predicted octanol–water partition coefficient (Wildman–Crippen LogP) is 1.67. The normalized spacial score (nSPS) is 13.2. The van der Waals surface area contributed by atoms with E-state index in [0.717, 1.165) is 18.9 Å². The molecule has 0 fully saturated rings. The molecule has 3 rings (SSSR count). The summed E-state index contributed by atoms with van der Waals surface area (Å²) in [5.41, 5.74) is 6.39. The smallest absolute Gasteiger partial charge is 0.335 e. The zero-order chi connectivity index (χ0) is 22.6. The van der Waals surface area contributed by atoms with Gasteiger partial charge >= 0.3 is 5.97 Å². The number of rotatable bonds is 8. The van der Waals surface area contributed by atoms with Crippen LogP contribution in [0.5, 0.6) is 0 Å². The summed E-state index contributed by atoms with van der Waals surface area (Å²) in [7, 11) is -4.17. The Kier molecular flexibility index (Phi) is 6.59. The van der Waals surface area contributed by atoms with Gasteiger partial charge in [0.1, 0.15) is 0 Å². The number of hydrogen-bond donors (Lipinski definition) is 4. The van der Waals surface area contributed by atoms with Crippen molar-refractivity contribution in [3.63, 3.8) is 0 Å². The fourth-order valence-electron chi connectivity index (χ4n) is 3.55. The van der Waals surface area contributed by atoms with Crippen molar-refractivity contribution in [1.29, 1.82) is 0 Å². The van der Waals surface area contributed by atoms with Crippen molar-refractivity contribution in [3.05, 3.63) is 58.7 Å². The maximum absolute atomic E-state index is 13.2. The van der Waals surface area contributed by atoms with Crippen LogP contribution in [0, 0.1) is 0 Å². The van der Waals surface area contributed by atoms with Gasteiger partial charge in [-0.15, -0.1) is 0 Å². The first-order valence-corrected chi connectivity index (χ1v) is 11.2. The number of hydrogen-bond acceptors (Lipinski definition) is 5. The molecule has 0 unspecified atom stereocenters. The number of nitrogens with one attached hydrogen (secondary N) is 2. The first-order valence-electron chi connectivity index (χ1n) is 9.76. The van der Waals surface area contributed by atoms with Crippen LogP contribution in [0.1, 0.15) is 51.1 Å². The molecule has 5 N–H and O–H groups in total. The molecular weight excluding hydrogens is 422 g/mol. The van der Waals surface area contributed by atoms with Crippen LogP contribution in [-0.4, -0.2) is 37.9 Å². The van der Waals surface area contributed by atoms with Gasteiger partial charge in [0.05, 0.1) is 21.7 Å². The first-order chi connectivity index (χ1) is 14.7. The Hall–Kier alpha value is -3.40. The number of aromatic carboxylic acids is 1. The minimum atomic E-state index is -4.17. The Morgan fingerprint density at radius 1 is 1.06 bits per heavy atom. The zero-order valence-electron chi connectivity index (χ0n) is 16.7. The lowest BCUT2D eigenvalue weighted by molar-refractivity contribution is -0.117. The van der Waals surface area contributed by atoms with Crippen molar-refractivity contribution in [2.45, 2.75) is 37.0 Å². The molecule has 0 bridgehead atoms. The Morgan fingerprint density at radius 3 is 2.48 bits per heavy atom. The number of carbonyl (C=O) groups is 3. The number of aryl methyl sites for hydroxylation is 1. The average Bonchev–Trinajstić information content (AvgIpc) is 2.72. The second-order valence-electron chi connectivity index (χ2n) is 7.25. The summed E-state index contributed by atoms with van der Waals surface area (Å²) in [6.07, 6.45) is 2.75. The highest BCUT2D eigenvalue weighted by atomic mass is 32.2. The molecule has 9 nitrogen and oxygen atoms in total. The van der Waals surface area contributed by atoms with Gasteiger partial charge in [-0.3, -0.25) is 14.3 Å². The molecule has 2 amide bonds. The summed E-state index contributed by atoms with van der Waals surface area (Å²) < 4.78 is 28.9. The van der Waals surface area contributed by atoms with Gasteiger partial charge in [0, 0.05) is 13.0 Å². The number of sulfonamides is 1. The van der Waals surface area contributed by atoms with E-state index in [1.807, 2.05) is 0 Å². The largest absolute Gasteiger partial charge is 0.478 e. The van der Waals surface area contributed by atoms with Crippen LogP contribution in [0.3, 0.4) is 0 Å². The highest BCUT2D eigenvalue weighted by Crippen LogP contribution is 2.31.